The van der Waals surface area contributed by atoms with E-state index in [2.05, 4.69) is 10.0 Å². The minimum absolute atomic E-state index is 0. The Labute approximate surface area is 172 Å². The number of sulfonamides is 1. The summed E-state index contributed by atoms with van der Waals surface area (Å²) in [6, 6.07) is 11.7. The van der Waals surface area contributed by atoms with Crippen LogP contribution in [0.3, 0.4) is 0 Å². The third-order valence-electron chi connectivity index (χ3n) is 4.93. The van der Waals surface area contributed by atoms with Crippen LogP contribution in [-0.2, 0) is 10.0 Å². The highest BCUT2D eigenvalue weighted by molar-refractivity contribution is 7.92. The van der Waals surface area contributed by atoms with Crippen LogP contribution in [-0.4, -0.2) is 44.9 Å². The highest BCUT2D eigenvalue weighted by atomic mass is 35.5. The Bertz CT molecular complexity index is 946. The van der Waals surface area contributed by atoms with Gasteiger partial charge in [-0.2, -0.15) is 0 Å². The molecule has 0 bridgehead atoms. The van der Waals surface area contributed by atoms with E-state index < -0.39 is 10.0 Å². The number of carbonyl (C=O) groups is 1. The van der Waals surface area contributed by atoms with Gasteiger partial charge in [-0.15, -0.1) is 12.4 Å². The van der Waals surface area contributed by atoms with Crippen molar-refractivity contribution in [1.82, 2.24) is 10.2 Å². The van der Waals surface area contributed by atoms with Crippen LogP contribution in [0.2, 0.25) is 0 Å². The molecule has 8 heteroatoms. The van der Waals surface area contributed by atoms with Gasteiger partial charge in [-0.1, -0.05) is 6.07 Å². The zero-order valence-corrected chi connectivity index (χ0v) is 17.9. The molecule has 1 atom stereocenters. The van der Waals surface area contributed by atoms with Crippen LogP contribution in [0.4, 0.5) is 5.69 Å². The maximum atomic E-state index is 12.7. The summed E-state index contributed by atoms with van der Waals surface area (Å²) in [5.74, 6) is -0.0347. The second-order valence-corrected chi connectivity index (χ2v) is 8.66. The Morgan fingerprint density at radius 2 is 1.79 bits per heavy atom. The van der Waals surface area contributed by atoms with E-state index in [-0.39, 0.29) is 29.3 Å². The van der Waals surface area contributed by atoms with Crippen LogP contribution >= 0.6 is 12.4 Å². The van der Waals surface area contributed by atoms with E-state index >= 15 is 0 Å². The molecule has 2 N–H and O–H groups in total. The molecule has 28 heavy (non-hydrogen) atoms. The lowest BCUT2D eigenvalue weighted by molar-refractivity contribution is 0.0656. The van der Waals surface area contributed by atoms with E-state index in [4.69, 9.17) is 0 Å². The van der Waals surface area contributed by atoms with Gasteiger partial charge in [0.25, 0.3) is 15.9 Å². The first-order valence-corrected chi connectivity index (χ1v) is 10.5. The predicted molar refractivity (Wildman–Crippen MR) is 114 cm³/mol. The molecule has 0 aromatic heterocycles. The van der Waals surface area contributed by atoms with E-state index in [1.54, 1.807) is 42.5 Å². The maximum absolute atomic E-state index is 12.7. The minimum Gasteiger partial charge on any atom is -0.333 e. The minimum atomic E-state index is -3.67. The Kier molecular flexibility index (Phi) is 7.09. The SMILES string of the molecule is Cc1ccc(S(=O)(=O)Nc2ccc(C(=O)N3CCNC[C@H]3C)cc2)cc1C.Cl. The maximum Gasteiger partial charge on any atom is 0.261 e. The van der Waals surface area contributed by atoms with Crippen LogP contribution in [0.5, 0.6) is 0 Å². The normalized spacial score (nSPS) is 17.0. The fraction of sp³-hybridized carbons (Fsp3) is 0.350. The molecule has 0 spiro atoms. The number of halogens is 1. The van der Waals surface area contributed by atoms with Gasteiger partial charge in [-0.3, -0.25) is 9.52 Å². The number of nitrogens with one attached hydrogen (secondary N) is 2. The number of benzene rings is 2. The first-order valence-electron chi connectivity index (χ1n) is 9.00. The molecule has 1 heterocycles. The van der Waals surface area contributed by atoms with Crippen LogP contribution in [0, 0.1) is 13.8 Å². The third-order valence-corrected chi connectivity index (χ3v) is 6.31. The average molecular weight is 424 g/mol. The molecule has 2 aromatic rings. The van der Waals surface area contributed by atoms with Crippen molar-refractivity contribution in [2.45, 2.75) is 31.7 Å². The van der Waals surface area contributed by atoms with Crippen molar-refractivity contribution >= 4 is 34.0 Å². The molecule has 0 radical (unpaired) electrons. The van der Waals surface area contributed by atoms with E-state index in [1.807, 2.05) is 25.7 Å². The van der Waals surface area contributed by atoms with Crippen molar-refractivity contribution in [3.05, 3.63) is 59.2 Å². The van der Waals surface area contributed by atoms with Crippen molar-refractivity contribution in [2.75, 3.05) is 24.4 Å². The van der Waals surface area contributed by atoms with Crippen molar-refractivity contribution in [2.24, 2.45) is 0 Å². The molecule has 1 amide bonds. The molecular formula is C20H26ClN3O3S. The first kappa shape index (κ1) is 22.2. The lowest BCUT2D eigenvalue weighted by atomic mass is 10.1. The summed E-state index contributed by atoms with van der Waals surface area (Å²) in [7, 11) is -3.67. The summed E-state index contributed by atoms with van der Waals surface area (Å²) >= 11 is 0. The highest BCUT2D eigenvalue weighted by Crippen LogP contribution is 2.20. The van der Waals surface area contributed by atoms with Gasteiger partial charge >= 0.3 is 0 Å². The van der Waals surface area contributed by atoms with E-state index in [0.29, 0.717) is 17.8 Å². The van der Waals surface area contributed by atoms with Crippen molar-refractivity contribution < 1.29 is 13.2 Å². The number of carbonyl (C=O) groups excluding carboxylic acids is 1. The number of anilines is 1. The summed E-state index contributed by atoms with van der Waals surface area (Å²) in [6.45, 7) is 8.06. The Hall–Kier alpha value is -2.09. The Morgan fingerprint density at radius 3 is 2.39 bits per heavy atom. The lowest BCUT2D eigenvalue weighted by Gasteiger charge is -2.34. The monoisotopic (exact) mass is 423 g/mol. The Balaban J connectivity index is 0.00000280. The summed E-state index contributed by atoms with van der Waals surface area (Å²) in [4.78, 5) is 14.7. The molecule has 3 rings (SSSR count). The molecular weight excluding hydrogens is 398 g/mol. The van der Waals surface area contributed by atoms with Gasteiger partial charge in [0.1, 0.15) is 0 Å². The van der Waals surface area contributed by atoms with Gasteiger partial charge < -0.3 is 10.2 Å². The van der Waals surface area contributed by atoms with E-state index in [0.717, 1.165) is 24.2 Å². The standard InChI is InChI=1S/C20H25N3O3S.ClH/c1-14-4-9-19(12-15(14)2)27(25,26)22-18-7-5-17(6-8-18)20(24)23-11-10-21-13-16(23)3;/h4-9,12,16,21-22H,10-11,13H2,1-3H3;1H/t16-;/m1./s1. The van der Waals surface area contributed by atoms with Crippen molar-refractivity contribution in [3.8, 4) is 0 Å². The van der Waals surface area contributed by atoms with Crippen LogP contribution in [0.25, 0.3) is 0 Å². The topological polar surface area (TPSA) is 78.5 Å². The first-order chi connectivity index (χ1) is 12.8. The highest BCUT2D eigenvalue weighted by Gasteiger charge is 2.24. The van der Waals surface area contributed by atoms with Gasteiger partial charge in [0.15, 0.2) is 0 Å². The summed E-state index contributed by atoms with van der Waals surface area (Å²) in [5.41, 5.74) is 2.94. The quantitative estimate of drug-likeness (QED) is 0.792. The number of aryl methyl sites for hydroxylation is 2. The number of hydrogen-bond donors (Lipinski definition) is 2. The fourth-order valence-electron chi connectivity index (χ4n) is 3.08. The van der Waals surface area contributed by atoms with Crippen LogP contribution in [0.15, 0.2) is 47.4 Å². The summed E-state index contributed by atoms with van der Waals surface area (Å²) in [5, 5.41) is 3.26. The van der Waals surface area contributed by atoms with Gasteiger partial charge in [0, 0.05) is 36.9 Å². The van der Waals surface area contributed by atoms with E-state index in [1.165, 1.54) is 0 Å². The molecule has 152 valence electrons. The van der Waals surface area contributed by atoms with Gasteiger partial charge in [0.2, 0.25) is 0 Å². The molecule has 1 saturated heterocycles. The zero-order valence-electron chi connectivity index (χ0n) is 16.2. The van der Waals surface area contributed by atoms with Gasteiger partial charge in [0.05, 0.1) is 4.90 Å². The summed E-state index contributed by atoms with van der Waals surface area (Å²) in [6.07, 6.45) is 0. The molecule has 0 saturated carbocycles. The van der Waals surface area contributed by atoms with E-state index in [9.17, 15) is 13.2 Å². The van der Waals surface area contributed by atoms with Crippen LogP contribution < -0.4 is 10.0 Å². The molecule has 0 unspecified atom stereocenters. The molecule has 1 aliphatic heterocycles. The number of rotatable bonds is 4. The molecule has 6 nitrogen and oxygen atoms in total. The molecule has 2 aromatic carbocycles. The predicted octanol–water partition coefficient (Wildman–Crippen LogP) is 2.96. The van der Waals surface area contributed by atoms with Crippen molar-refractivity contribution in [3.63, 3.8) is 0 Å². The lowest BCUT2D eigenvalue weighted by Crippen LogP contribution is -2.52. The Morgan fingerprint density at radius 1 is 1.11 bits per heavy atom. The largest absolute Gasteiger partial charge is 0.333 e. The second-order valence-electron chi connectivity index (χ2n) is 6.98. The number of piperazine rings is 1. The zero-order chi connectivity index (χ0) is 19.6. The fourth-order valence-corrected chi connectivity index (χ4v) is 4.23. The third kappa shape index (κ3) is 4.84. The smallest absolute Gasteiger partial charge is 0.261 e. The van der Waals surface area contributed by atoms with Crippen molar-refractivity contribution in [1.29, 1.82) is 0 Å². The number of nitrogens with zero attached hydrogens (tertiary/aromatic N) is 1. The molecule has 1 aliphatic rings. The molecule has 1 fully saturated rings. The number of hydrogen-bond acceptors (Lipinski definition) is 4. The molecule has 0 aliphatic carbocycles. The van der Waals surface area contributed by atoms with Crippen LogP contribution in [0.1, 0.15) is 28.4 Å². The second kappa shape index (κ2) is 8.94. The van der Waals surface area contributed by atoms with Gasteiger partial charge in [-0.05, 0) is 68.3 Å². The summed E-state index contributed by atoms with van der Waals surface area (Å²) < 4.78 is 27.7. The average Bonchev–Trinajstić information content (AvgIpc) is 2.64. The number of amides is 1. The van der Waals surface area contributed by atoms with Gasteiger partial charge in [-0.25, -0.2) is 8.42 Å².